The first-order chi connectivity index (χ1) is 43.7. The lowest BCUT2D eigenvalue weighted by molar-refractivity contribution is 1.28. The maximum Gasteiger partial charge on any atom is 0.0467 e. The molecule has 0 fully saturated rings. The molecule has 0 aromatic heterocycles. The molecule has 412 valence electrons. The van der Waals surface area contributed by atoms with Crippen LogP contribution in [0.4, 0.5) is 34.1 Å². The van der Waals surface area contributed by atoms with Crippen LogP contribution in [0.1, 0.15) is 0 Å². The molecule has 0 bridgehead atoms. The lowest BCUT2D eigenvalue weighted by atomic mass is 9.82. The van der Waals surface area contributed by atoms with E-state index in [1.54, 1.807) is 0 Å². The van der Waals surface area contributed by atoms with E-state index in [0.717, 1.165) is 45.3 Å². The van der Waals surface area contributed by atoms with Crippen molar-refractivity contribution in [2.75, 3.05) is 9.80 Å². The van der Waals surface area contributed by atoms with Gasteiger partial charge < -0.3 is 9.80 Å². The summed E-state index contributed by atoms with van der Waals surface area (Å²) < 4.78 is 0. The van der Waals surface area contributed by atoms with Crippen LogP contribution in [0.25, 0.3) is 121 Å². The summed E-state index contributed by atoms with van der Waals surface area (Å²) in [6, 6.07) is 129. The van der Waals surface area contributed by atoms with Crippen molar-refractivity contribution in [3.05, 3.63) is 352 Å². The average molecular weight is 1120 g/mol. The van der Waals surface area contributed by atoms with Crippen molar-refractivity contribution >= 4 is 88.0 Å². The van der Waals surface area contributed by atoms with E-state index in [1.807, 2.05) is 0 Å². The maximum absolute atomic E-state index is 2.38. The molecule has 0 aliphatic heterocycles. The highest BCUT2D eigenvalue weighted by Crippen LogP contribution is 2.51. The van der Waals surface area contributed by atoms with E-state index >= 15 is 0 Å². The Morgan fingerprint density at radius 3 is 0.670 bits per heavy atom. The molecule has 0 radical (unpaired) electrons. The van der Waals surface area contributed by atoms with Gasteiger partial charge in [0.05, 0.1) is 0 Å². The smallest absolute Gasteiger partial charge is 0.0467 e. The third-order valence-corrected chi connectivity index (χ3v) is 17.6. The summed E-state index contributed by atoms with van der Waals surface area (Å²) in [7, 11) is 0. The number of fused-ring (bicyclic) bond motifs is 5. The number of benzene rings is 16. The van der Waals surface area contributed by atoms with Crippen molar-refractivity contribution in [2.24, 2.45) is 0 Å². The average Bonchev–Trinajstić information content (AvgIpc) is 2.52. The minimum absolute atomic E-state index is 1.09. The summed E-state index contributed by atoms with van der Waals surface area (Å²) in [6.07, 6.45) is 0. The third-order valence-electron chi connectivity index (χ3n) is 17.6. The summed E-state index contributed by atoms with van der Waals surface area (Å²) >= 11 is 0. The van der Waals surface area contributed by atoms with Crippen molar-refractivity contribution in [2.45, 2.75) is 0 Å². The summed E-state index contributed by atoms with van der Waals surface area (Å²) in [4.78, 5) is 4.77. The normalized spacial score (nSPS) is 11.4. The first-order valence-electron chi connectivity index (χ1n) is 30.3. The standard InChI is InChI=1S/C86H58N2/c1-5-27-59(28-6-1)61-31-21-39-67(55-61)87(65-35-9-3-10-36-65)69-41-23-33-63(57-69)83-75-43-13-17-47-79(75)85(80-48-18-14-44-76(80)83)73-53-25-52-72-71(73)51-26-54-74(72)86-81-49-19-15-45-77(81)84(78-46-16-20-50-82(78)86)64-34-24-42-70(58-64)88(66-37-11-4-12-38-66)68-40-22-32-62(56-68)60-29-7-2-8-30-60/h1-58H. The Morgan fingerprint density at radius 1 is 0.136 bits per heavy atom. The van der Waals surface area contributed by atoms with Gasteiger partial charge in [0, 0.05) is 34.1 Å². The van der Waals surface area contributed by atoms with E-state index in [0.29, 0.717) is 0 Å². The van der Waals surface area contributed by atoms with E-state index in [4.69, 9.17) is 0 Å². The first kappa shape index (κ1) is 52.0. The summed E-state index contributed by atoms with van der Waals surface area (Å²) in [6.45, 7) is 0. The van der Waals surface area contributed by atoms with Gasteiger partial charge in [-0.3, -0.25) is 0 Å². The molecule has 0 aliphatic rings. The van der Waals surface area contributed by atoms with Crippen LogP contribution in [0.3, 0.4) is 0 Å². The largest absolute Gasteiger partial charge is 0.310 e. The second kappa shape index (κ2) is 22.4. The van der Waals surface area contributed by atoms with Crippen LogP contribution < -0.4 is 9.80 Å². The molecule has 0 saturated carbocycles. The zero-order valence-electron chi connectivity index (χ0n) is 48.4. The first-order valence-corrected chi connectivity index (χ1v) is 30.3. The molecule has 16 aromatic rings. The Labute approximate surface area is 513 Å². The number of para-hydroxylation sites is 2. The maximum atomic E-state index is 2.38. The zero-order valence-corrected chi connectivity index (χ0v) is 48.4. The SMILES string of the molecule is c1ccc(-c2cccc(N(c3ccccc3)c3cccc(-c4c5ccccc5c(-c5cccc6c(-c7c8ccccc8c(-c8cccc(N(c9ccccc9)c9cccc(-c%10ccccc%10)c9)c8)c8ccccc78)cccc56)c5ccccc45)c3)c2)cc1. The fraction of sp³-hybridized carbons (Fsp3) is 0. The minimum atomic E-state index is 1.09. The molecule has 88 heavy (non-hydrogen) atoms. The summed E-state index contributed by atoms with van der Waals surface area (Å²) in [5.74, 6) is 0. The minimum Gasteiger partial charge on any atom is -0.310 e. The van der Waals surface area contributed by atoms with Gasteiger partial charge in [-0.05, 0) is 193 Å². The lowest BCUT2D eigenvalue weighted by Crippen LogP contribution is -2.10. The predicted octanol–water partition coefficient (Wildman–Crippen LogP) is 24.4. The molecule has 0 heterocycles. The Hall–Kier alpha value is -11.6. The van der Waals surface area contributed by atoms with Gasteiger partial charge in [0.2, 0.25) is 0 Å². The Bertz CT molecular complexity index is 4820. The number of anilines is 6. The van der Waals surface area contributed by atoms with Crippen LogP contribution in [-0.2, 0) is 0 Å². The quantitative estimate of drug-likeness (QED) is 0.113. The highest BCUT2D eigenvalue weighted by atomic mass is 15.1. The van der Waals surface area contributed by atoms with Gasteiger partial charge in [-0.15, -0.1) is 0 Å². The van der Waals surface area contributed by atoms with Gasteiger partial charge in [-0.2, -0.15) is 0 Å². The molecular formula is C86H58N2. The van der Waals surface area contributed by atoms with Crippen molar-refractivity contribution < 1.29 is 0 Å². The lowest BCUT2D eigenvalue weighted by Gasteiger charge is -2.27. The second-order valence-electron chi connectivity index (χ2n) is 22.7. The van der Waals surface area contributed by atoms with Crippen molar-refractivity contribution in [3.8, 4) is 66.8 Å². The van der Waals surface area contributed by atoms with Crippen LogP contribution in [0.2, 0.25) is 0 Å². The summed E-state index contributed by atoms with van der Waals surface area (Å²) in [5.41, 5.74) is 20.9. The number of rotatable bonds is 12. The van der Waals surface area contributed by atoms with Crippen molar-refractivity contribution in [1.82, 2.24) is 0 Å². The highest BCUT2D eigenvalue weighted by molar-refractivity contribution is 6.27. The van der Waals surface area contributed by atoms with Gasteiger partial charge in [-0.1, -0.05) is 279 Å². The van der Waals surface area contributed by atoms with Crippen molar-refractivity contribution in [1.29, 1.82) is 0 Å². The van der Waals surface area contributed by atoms with Crippen LogP contribution in [0.5, 0.6) is 0 Å². The van der Waals surface area contributed by atoms with Crippen LogP contribution in [0, 0.1) is 0 Å². The number of nitrogens with zero attached hydrogens (tertiary/aromatic N) is 2. The van der Waals surface area contributed by atoms with E-state index < -0.39 is 0 Å². The predicted molar refractivity (Wildman–Crippen MR) is 376 cm³/mol. The fourth-order valence-electron chi connectivity index (χ4n) is 13.8. The Balaban J connectivity index is 0.844. The van der Waals surface area contributed by atoms with Crippen LogP contribution >= 0.6 is 0 Å². The molecule has 0 aliphatic carbocycles. The summed E-state index contributed by atoms with van der Waals surface area (Å²) in [5, 5.41) is 12.1. The molecule has 0 unspecified atom stereocenters. The molecule has 2 nitrogen and oxygen atoms in total. The van der Waals surface area contributed by atoms with Crippen LogP contribution in [0.15, 0.2) is 352 Å². The molecular weight excluding hydrogens is 1060 g/mol. The third kappa shape index (κ3) is 9.24. The van der Waals surface area contributed by atoms with Crippen LogP contribution in [-0.4, -0.2) is 0 Å². The van der Waals surface area contributed by atoms with Crippen molar-refractivity contribution in [3.63, 3.8) is 0 Å². The second-order valence-corrected chi connectivity index (χ2v) is 22.7. The molecule has 2 heteroatoms. The molecule has 0 N–H and O–H groups in total. The molecule has 16 rings (SSSR count). The molecule has 16 aromatic carbocycles. The fourth-order valence-corrected chi connectivity index (χ4v) is 13.8. The van der Waals surface area contributed by atoms with E-state index in [1.165, 1.54) is 109 Å². The van der Waals surface area contributed by atoms with Gasteiger partial charge in [0.15, 0.2) is 0 Å². The van der Waals surface area contributed by atoms with Gasteiger partial charge in [0.1, 0.15) is 0 Å². The number of hydrogen-bond donors (Lipinski definition) is 0. The Kier molecular flexibility index (Phi) is 13.3. The topological polar surface area (TPSA) is 6.48 Å². The van der Waals surface area contributed by atoms with Gasteiger partial charge in [0.25, 0.3) is 0 Å². The number of hydrogen-bond acceptors (Lipinski definition) is 2. The van der Waals surface area contributed by atoms with E-state index in [2.05, 4.69) is 362 Å². The van der Waals surface area contributed by atoms with Gasteiger partial charge in [-0.25, -0.2) is 0 Å². The monoisotopic (exact) mass is 1120 g/mol. The molecule has 0 saturated heterocycles. The Morgan fingerprint density at radius 2 is 0.352 bits per heavy atom. The molecule has 0 spiro atoms. The van der Waals surface area contributed by atoms with E-state index in [-0.39, 0.29) is 0 Å². The molecule has 0 amide bonds. The van der Waals surface area contributed by atoms with E-state index in [9.17, 15) is 0 Å². The molecule has 0 atom stereocenters. The van der Waals surface area contributed by atoms with Gasteiger partial charge >= 0.3 is 0 Å². The highest BCUT2D eigenvalue weighted by Gasteiger charge is 2.24. The zero-order chi connectivity index (χ0) is 58.3.